The molecule has 1 heterocycles. The van der Waals surface area contributed by atoms with E-state index in [0.29, 0.717) is 12.0 Å². The molecule has 1 saturated carbocycles. The van der Waals surface area contributed by atoms with Gasteiger partial charge in [0.15, 0.2) is 0 Å². The third-order valence-electron chi connectivity index (χ3n) is 6.87. The molecule has 1 aliphatic carbocycles. The SMILES string of the molecule is C[C@@H]1CCC2C(C1)O[C@@H](c1ccccc1Br)N(C/C=C/c1ccccc1)C2(C)C. The molecule has 0 amide bonds. The Morgan fingerprint density at radius 1 is 1.07 bits per heavy atom. The van der Waals surface area contributed by atoms with Gasteiger partial charge in [0.2, 0.25) is 0 Å². The van der Waals surface area contributed by atoms with Crippen molar-refractivity contribution in [1.29, 1.82) is 0 Å². The maximum atomic E-state index is 6.84. The van der Waals surface area contributed by atoms with Crippen LogP contribution in [0.4, 0.5) is 0 Å². The summed E-state index contributed by atoms with van der Waals surface area (Å²) >= 11 is 3.78. The molecule has 0 spiro atoms. The van der Waals surface area contributed by atoms with Crippen molar-refractivity contribution >= 4 is 22.0 Å². The first-order chi connectivity index (χ1) is 14.0. The minimum Gasteiger partial charge on any atom is -0.355 e. The molecule has 1 aliphatic heterocycles. The van der Waals surface area contributed by atoms with Crippen molar-refractivity contribution in [2.45, 2.75) is 57.9 Å². The van der Waals surface area contributed by atoms with Crippen molar-refractivity contribution in [3.05, 3.63) is 76.3 Å². The molecule has 4 rings (SSSR count). The fourth-order valence-electron chi connectivity index (χ4n) is 5.16. The Bertz CT molecular complexity index is 847. The average Bonchev–Trinajstić information content (AvgIpc) is 2.70. The molecule has 154 valence electrons. The van der Waals surface area contributed by atoms with E-state index in [0.717, 1.165) is 16.9 Å². The van der Waals surface area contributed by atoms with Crippen molar-refractivity contribution in [1.82, 2.24) is 4.90 Å². The number of rotatable bonds is 4. The molecule has 2 fully saturated rings. The van der Waals surface area contributed by atoms with E-state index in [4.69, 9.17) is 4.74 Å². The highest BCUT2D eigenvalue weighted by Crippen LogP contribution is 2.49. The molecule has 0 N–H and O–H groups in total. The maximum absolute atomic E-state index is 6.84. The lowest BCUT2D eigenvalue weighted by Crippen LogP contribution is -2.61. The van der Waals surface area contributed by atoms with Gasteiger partial charge in [0.05, 0.1) is 6.10 Å². The van der Waals surface area contributed by atoms with E-state index in [1.54, 1.807) is 0 Å². The Kier molecular flexibility index (Phi) is 6.29. The average molecular weight is 454 g/mol. The molecule has 2 nitrogen and oxygen atoms in total. The highest BCUT2D eigenvalue weighted by Gasteiger charge is 2.50. The van der Waals surface area contributed by atoms with Crippen molar-refractivity contribution in [3.63, 3.8) is 0 Å². The Labute approximate surface area is 184 Å². The van der Waals surface area contributed by atoms with E-state index in [-0.39, 0.29) is 11.8 Å². The number of halogens is 1. The van der Waals surface area contributed by atoms with Crippen LogP contribution in [0.25, 0.3) is 6.08 Å². The molecule has 1 saturated heterocycles. The summed E-state index contributed by atoms with van der Waals surface area (Å²) in [5.41, 5.74) is 2.54. The lowest BCUT2D eigenvalue weighted by atomic mass is 9.69. The molecule has 2 aromatic carbocycles. The zero-order valence-electron chi connectivity index (χ0n) is 17.7. The fourth-order valence-corrected chi connectivity index (χ4v) is 5.64. The summed E-state index contributed by atoms with van der Waals surface area (Å²) in [4.78, 5) is 2.56. The molecular formula is C26H32BrNO. The largest absolute Gasteiger partial charge is 0.355 e. The van der Waals surface area contributed by atoms with Gasteiger partial charge in [0.1, 0.15) is 6.23 Å². The lowest BCUT2D eigenvalue weighted by molar-refractivity contribution is -0.234. The van der Waals surface area contributed by atoms with Crippen molar-refractivity contribution < 1.29 is 4.74 Å². The standard InChI is InChI=1S/C26H32BrNO/c1-19-15-16-22-24(18-19)29-25(21-13-7-8-14-23(21)27)28(26(22,2)3)17-9-12-20-10-5-4-6-11-20/h4-14,19,22,24-25H,15-18H2,1-3H3/b12-9+/t19-,22?,24?,25+/m1/s1. The lowest BCUT2D eigenvalue weighted by Gasteiger charge is -2.57. The zero-order valence-corrected chi connectivity index (χ0v) is 19.3. The van der Waals surface area contributed by atoms with Crippen LogP contribution in [0.15, 0.2) is 65.1 Å². The Hall–Kier alpha value is -1.42. The molecule has 2 aliphatic rings. The van der Waals surface area contributed by atoms with Crippen LogP contribution in [0, 0.1) is 11.8 Å². The second-order valence-corrected chi connectivity index (χ2v) is 10.0. The van der Waals surface area contributed by atoms with Crippen molar-refractivity contribution in [2.24, 2.45) is 11.8 Å². The fraction of sp³-hybridized carbons (Fsp3) is 0.462. The van der Waals surface area contributed by atoms with Crippen LogP contribution in [0.1, 0.15) is 57.4 Å². The van der Waals surface area contributed by atoms with Crippen LogP contribution < -0.4 is 0 Å². The summed E-state index contributed by atoms with van der Waals surface area (Å²) in [5.74, 6) is 1.32. The minimum atomic E-state index is -0.0347. The van der Waals surface area contributed by atoms with Crippen LogP contribution in [-0.4, -0.2) is 23.1 Å². The van der Waals surface area contributed by atoms with Crippen LogP contribution >= 0.6 is 15.9 Å². The predicted octanol–water partition coefficient (Wildman–Crippen LogP) is 7.08. The summed E-state index contributed by atoms with van der Waals surface area (Å²) in [6.07, 6.45) is 8.54. The quantitative estimate of drug-likeness (QED) is 0.490. The van der Waals surface area contributed by atoms with Gasteiger partial charge in [-0.1, -0.05) is 90.0 Å². The molecule has 0 bridgehead atoms. The third kappa shape index (κ3) is 4.38. The smallest absolute Gasteiger partial charge is 0.138 e. The predicted molar refractivity (Wildman–Crippen MR) is 125 cm³/mol. The molecule has 2 unspecified atom stereocenters. The van der Waals surface area contributed by atoms with Crippen molar-refractivity contribution in [2.75, 3.05) is 6.54 Å². The monoisotopic (exact) mass is 453 g/mol. The van der Waals surface area contributed by atoms with E-state index >= 15 is 0 Å². The van der Waals surface area contributed by atoms with Crippen LogP contribution in [-0.2, 0) is 4.74 Å². The van der Waals surface area contributed by atoms with Crippen LogP contribution in [0.5, 0.6) is 0 Å². The Balaban J connectivity index is 1.65. The number of fused-ring (bicyclic) bond motifs is 1. The normalized spacial score (nSPS) is 29.7. The Morgan fingerprint density at radius 2 is 1.79 bits per heavy atom. The van der Waals surface area contributed by atoms with Crippen LogP contribution in [0.3, 0.4) is 0 Å². The van der Waals surface area contributed by atoms with Gasteiger partial charge in [-0.2, -0.15) is 0 Å². The Morgan fingerprint density at radius 3 is 2.55 bits per heavy atom. The van der Waals surface area contributed by atoms with Gasteiger partial charge in [-0.3, -0.25) is 4.90 Å². The summed E-state index contributed by atoms with van der Waals surface area (Å²) in [7, 11) is 0. The van der Waals surface area contributed by atoms with Gasteiger partial charge >= 0.3 is 0 Å². The number of hydrogen-bond donors (Lipinski definition) is 0. The molecular weight excluding hydrogens is 422 g/mol. The molecule has 29 heavy (non-hydrogen) atoms. The molecule has 4 atom stereocenters. The summed E-state index contributed by atoms with van der Waals surface area (Å²) < 4.78 is 7.97. The highest BCUT2D eigenvalue weighted by molar-refractivity contribution is 9.10. The summed E-state index contributed by atoms with van der Waals surface area (Å²) in [6.45, 7) is 8.08. The number of nitrogens with zero attached hydrogens (tertiary/aromatic N) is 1. The first kappa shape index (κ1) is 20.8. The molecule has 0 aromatic heterocycles. The number of hydrogen-bond acceptors (Lipinski definition) is 2. The molecule has 0 radical (unpaired) electrons. The first-order valence-electron chi connectivity index (χ1n) is 10.8. The van der Waals surface area contributed by atoms with Crippen molar-refractivity contribution in [3.8, 4) is 0 Å². The van der Waals surface area contributed by atoms with Gasteiger partial charge < -0.3 is 4.74 Å². The summed E-state index contributed by atoms with van der Waals surface area (Å²) in [6, 6.07) is 19.1. The van der Waals surface area contributed by atoms with E-state index in [1.807, 2.05) is 0 Å². The van der Waals surface area contributed by atoms with Gasteiger partial charge in [-0.25, -0.2) is 0 Å². The molecule has 2 aromatic rings. The minimum absolute atomic E-state index is 0.0347. The maximum Gasteiger partial charge on any atom is 0.138 e. The second kappa shape index (κ2) is 8.75. The number of ether oxygens (including phenoxy) is 1. The van der Waals surface area contributed by atoms with Crippen LogP contribution in [0.2, 0.25) is 0 Å². The topological polar surface area (TPSA) is 12.5 Å². The van der Waals surface area contributed by atoms with E-state index in [1.165, 1.54) is 30.4 Å². The third-order valence-corrected chi connectivity index (χ3v) is 7.59. The molecule has 3 heteroatoms. The van der Waals surface area contributed by atoms with E-state index in [9.17, 15) is 0 Å². The number of benzene rings is 2. The highest BCUT2D eigenvalue weighted by atomic mass is 79.9. The van der Waals surface area contributed by atoms with E-state index in [2.05, 4.69) is 108 Å². The summed E-state index contributed by atoms with van der Waals surface area (Å²) in [5, 5.41) is 0. The first-order valence-corrected chi connectivity index (χ1v) is 11.6. The zero-order chi connectivity index (χ0) is 20.4. The van der Waals surface area contributed by atoms with Gasteiger partial charge in [-0.05, 0) is 44.2 Å². The van der Waals surface area contributed by atoms with E-state index < -0.39 is 0 Å². The second-order valence-electron chi connectivity index (χ2n) is 9.19. The van der Waals surface area contributed by atoms with Gasteiger partial charge in [0, 0.05) is 28.0 Å². The van der Waals surface area contributed by atoms with Gasteiger partial charge in [-0.15, -0.1) is 0 Å². The van der Waals surface area contributed by atoms with Gasteiger partial charge in [0.25, 0.3) is 0 Å².